The van der Waals surface area contributed by atoms with Crippen molar-refractivity contribution in [3.63, 3.8) is 0 Å². The van der Waals surface area contributed by atoms with E-state index in [2.05, 4.69) is 26.1 Å². The van der Waals surface area contributed by atoms with Crippen molar-refractivity contribution in [3.8, 4) is 0 Å². The van der Waals surface area contributed by atoms with Crippen LogP contribution >= 0.6 is 0 Å². The van der Waals surface area contributed by atoms with Gasteiger partial charge in [-0.15, -0.1) is 0 Å². The van der Waals surface area contributed by atoms with Gasteiger partial charge in [0.1, 0.15) is 5.54 Å². The van der Waals surface area contributed by atoms with Crippen LogP contribution in [0.5, 0.6) is 0 Å². The minimum atomic E-state index is -0.834. The van der Waals surface area contributed by atoms with Gasteiger partial charge in [0.25, 0.3) is 0 Å². The molecule has 3 saturated carbocycles. The number of carbonyl (C=O) groups is 1. The second kappa shape index (κ2) is 6.82. The van der Waals surface area contributed by atoms with Gasteiger partial charge < -0.3 is 20.5 Å². The van der Waals surface area contributed by atoms with Crippen LogP contribution in [-0.4, -0.2) is 42.9 Å². The highest BCUT2D eigenvalue weighted by molar-refractivity contribution is 5.89. The predicted molar refractivity (Wildman–Crippen MR) is 98.2 cm³/mol. The molecule has 0 saturated heterocycles. The zero-order valence-corrected chi connectivity index (χ0v) is 16.4. The summed E-state index contributed by atoms with van der Waals surface area (Å²) in [5, 5.41) is 3.33. The molecule has 144 valence electrons. The molecule has 3 rings (SSSR count). The molecule has 0 aliphatic heterocycles. The molecule has 0 radical (unpaired) electrons. The molecule has 0 aromatic carbocycles. The lowest BCUT2D eigenvalue weighted by Crippen LogP contribution is -2.78. The molecule has 3 aliphatic rings. The predicted octanol–water partition coefficient (Wildman–Crippen LogP) is 2.76. The maximum absolute atomic E-state index is 13.1. The van der Waals surface area contributed by atoms with E-state index in [1.165, 1.54) is 19.3 Å². The van der Waals surface area contributed by atoms with E-state index >= 15 is 0 Å². The number of amides is 1. The van der Waals surface area contributed by atoms with Gasteiger partial charge in [-0.2, -0.15) is 0 Å². The molecule has 4 unspecified atom stereocenters. The van der Waals surface area contributed by atoms with E-state index in [0.717, 1.165) is 25.9 Å². The average Bonchev–Trinajstić information content (AvgIpc) is 2.61. The van der Waals surface area contributed by atoms with Gasteiger partial charge in [-0.1, -0.05) is 33.1 Å². The molecule has 1 amide bonds. The van der Waals surface area contributed by atoms with Crippen LogP contribution in [0.4, 0.5) is 0 Å². The van der Waals surface area contributed by atoms with Crippen LogP contribution in [0.2, 0.25) is 0 Å². The summed E-state index contributed by atoms with van der Waals surface area (Å²) in [5.41, 5.74) is 5.52. The Labute approximate surface area is 152 Å². The molecule has 3 aliphatic carbocycles. The number of hydrogen-bond acceptors (Lipinski definition) is 4. The maximum atomic E-state index is 13.1. The van der Waals surface area contributed by atoms with Crippen LogP contribution in [0.15, 0.2) is 0 Å². The molecular formula is C20H36N2O3. The Morgan fingerprint density at radius 1 is 1.08 bits per heavy atom. The largest absolute Gasteiger partial charge is 0.378 e. The molecule has 0 heterocycles. The molecule has 4 atom stereocenters. The highest BCUT2D eigenvalue weighted by atomic mass is 16.5. The zero-order chi connectivity index (χ0) is 18.3. The Morgan fingerprint density at radius 2 is 1.68 bits per heavy atom. The third-order valence-electron chi connectivity index (χ3n) is 7.48. The van der Waals surface area contributed by atoms with Crippen LogP contribution in [0.1, 0.15) is 72.6 Å². The molecular weight excluding hydrogens is 316 g/mol. The standard InChI is InChI=1S/C20H36N2O3/c1-5-24-15-12-14(19(15)10-8-7-9-11-19)22-17(23)20(21)13-16(25-6-2)18(20,3)4/h14-16H,5-13,21H2,1-4H3,(H,22,23). The number of rotatable bonds is 6. The first-order valence-electron chi connectivity index (χ1n) is 10.1. The quantitative estimate of drug-likeness (QED) is 0.771. The highest BCUT2D eigenvalue weighted by Crippen LogP contribution is 2.54. The van der Waals surface area contributed by atoms with Crippen molar-refractivity contribution in [2.24, 2.45) is 16.6 Å². The SMILES string of the molecule is CCOC1CC(NC(=O)C2(N)CC(OCC)C2(C)C)C12CCCCC2. The summed E-state index contributed by atoms with van der Waals surface area (Å²) in [6.45, 7) is 9.56. The van der Waals surface area contributed by atoms with Gasteiger partial charge >= 0.3 is 0 Å². The maximum Gasteiger partial charge on any atom is 0.241 e. The lowest BCUT2D eigenvalue weighted by molar-refractivity contribution is -0.181. The fourth-order valence-corrected chi connectivity index (χ4v) is 5.37. The van der Waals surface area contributed by atoms with E-state index < -0.39 is 5.54 Å². The van der Waals surface area contributed by atoms with Gasteiger partial charge in [0.15, 0.2) is 0 Å². The normalized spacial score (nSPS) is 38.7. The third kappa shape index (κ3) is 2.83. The Kier molecular flexibility index (Phi) is 5.22. The van der Waals surface area contributed by atoms with E-state index in [-0.39, 0.29) is 28.9 Å². The molecule has 0 bridgehead atoms. The van der Waals surface area contributed by atoms with Crippen LogP contribution < -0.4 is 11.1 Å². The second-order valence-electron chi connectivity index (χ2n) is 8.84. The van der Waals surface area contributed by atoms with Crippen LogP contribution in [0.25, 0.3) is 0 Å². The molecule has 3 N–H and O–H groups in total. The van der Waals surface area contributed by atoms with Gasteiger partial charge in [0.2, 0.25) is 5.91 Å². The first-order valence-corrected chi connectivity index (χ1v) is 10.1. The summed E-state index contributed by atoms with van der Waals surface area (Å²) < 4.78 is 11.8. The summed E-state index contributed by atoms with van der Waals surface area (Å²) in [5.74, 6) is -0.00153. The summed E-state index contributed by atoms with van der Waals surface area (Å²) in [7, 11) is 0. The minimum Gasteiger partial charge on any atom is -0.378 e. The van der Waals surface area contributed by atoms with E-state index in [0.29, 0.717) is 19.1 Å². The number of carbonyl (C=O) groups excluding carboxylic acids is 1. The van der Waals surface area contributed by atoms with Crippen LogP contribution in [0, 0.1) is 10.8 Å². The molecule has 1 spiro atoms. The number of hydrogen-bond donors (Lipinski definition) is 2. The fraction of sp³-hybridized carbons (Fsp3) is 0.950. The highest BCUT2D eigenvalue weighted by Gasteiger charge is 2.64. The molecule has 0 aromatic rings. The average molecular weight is 353 g/mol. The van der Waals surface area contributed by atoms with Gasteiger partial charge in [0, 0.05) is 36.5 Å². The van der Waals surface area contributed by atoms with Crippen molar-refractivity contribution < 1.29 is 14.3 Å². The van der Waals surface area contributed by atoms with Crippen molar-refractivity contribution in [3.05, 3.63) is 0 Å². The Morgan fingerprint density at radius 3 is 2.24 bits per heavy atom. The lowest BCUT2D eigenvalue weighted by Gasteiger charge is -2.61. The smallest absolute Gasteiger partial charge is 0.241 e. The van der Waals surface area contributed by atoms with E-state index in [4.69, 9.17) is 15.2 Å². The van der Waals surface area contributed by atoms with E-state index in [1.54, 1.807) is 0 Å². The van der Waals surface area contributed by atoms with Crippen molar-refractivity contribution in [2.45, 2.75) is 96.4 Å². The number of nitrogens with one attached hydrogen (secondary N) is 1. The fourth-order valence-electron chi connectivity index (χ4n) is 5.37. The summed E-state index contributed by atoms with van der Waals surface area (Å²) in [6.07, 6.45) is 7.97. The lowest BCUT2D eigenvalue weighted by atomic mass is 9.52. The molecule has 0 aromatic heterocycles. The van der Waals surface area contributed by atoms with Gasteiger partial charge in [-0.05, 0) is 33.1 Å². The summed E-state index contributed by atoms with van der Waals surface area (Å²) in [6, 6.07) is 0.208. The third-order valence-corrected chi connectivity index (χ3v) is 7.48. The van der Waals surface area contributed by atoms with Gasteiger partial charge in [-0.3, -0.25) is 4.79 Å². The summed E-state index contributed by atoms with van der Waals surface area (Å²) >= 11 is 0. The van der Waals surface area contributed by atoms with E-state index in [1.807, 2.05) is 6.92 Å². The van der Waals surface area contributed by atoms with Gasteiger partial charge in [0.05, 0.1) is 12.2 Å². The van der Waals surface area contributed by atoms with Crippen molar-refractivity contribution in [2.75, 3.05) is 13.2 Å². The Hall–Kier alpha value is -0.650. The van der Waals surface area contributed by atoms with Crippen molar-refractivity contribution in [1.29, 1.82) is 0 Å². The van der Waals surface area contributed by atoms with Crippen LogP contribution in [0.3, 0.4) is 0 Å². The van der Waals surface area contributed by atoms with E-state index in [9.17, 15) is 4.79 Å². The number of ether oxygens (including phenoxy) is 2. The monoisotopic (exact) mass is 352 g/mol. The second-order valence-corrected chi connectivity index (χ2v) is 8.84. The first-order chi connectivity index (χ1) is 11.8. The molecule has 5 heteroatoms. The van der Waals surface area contributed by atoms with Crippen molar-refractivity contribution >= 4 is 5.91 Å². The number of nitrogens with two attached hydrogens (primary N) is 1. The molecule has 3 fully saturated rings. The molecule has 25 heavy (non-hydrogen) atoms. The van der Waals surface area contributed by atoms with Crippen molar-refractivity contribution in [1.82, 2.24) is 5.32 Å². The topological polar surface area (TPSA) is 73.6 Å². The Bertz CT molecular complexity index is 501. The zero-order valence-electron chi connectivity index (χ0n) is 16.4. The molecule has 5 nitrogen and oxygen atoms in total. The van der Waals surface area contributed by atoms with Gasteiger partial charge in [-0.25, -0.2) is 0 Å². The first kappa shape index (κ1) is 19.1. The Balaban J connectivity index is 1.67. The van der Waals surface area contributed by atoms with Crippen LogP contribution in [-0.2, 0) is 14.3 Å². The minimum absolute atomic E-state index is 0.00153. The summed E-state index contributed by atoms with van der Waals surface area (Å²) in [4.78, 5) is 13.1.